The van der Waals surface area contributed by atoms with Crippen molar-refractivity contribution >= 4 is 5.91 Å². The molecule has 1 unspecified atom stereocenters. The number of hydrogen-bond acceptors (Lipinski definition) is 4. The Bertz CT molecular complexity index is 467. The first-order valence-electron chi connectivity index (χ1n) is 9.29. The van der Waals surface area contributed by atoms with Gasteiger partial charge in [0.05, 0.1) is 0 Å². The van der Waals surface area contributed by atoms with Crippen LogP contribution in [0.5, 0.6) is 0 Å². The lowest BCUT2D eigenvalue weighted by atomic mass is 10.1. The first kappa shape index (κ1) is 17.7. The van der Waals surface area contributed by atoms with E-state index in [1.54, 1.807) is 0 Å². The summed E-state index contributed by atoms with van der Waals surface area (Å²) >= 11 is 0. The van der Waals surface area contributed by atoms with Gasteiger partial charge in [-0.25, -0.2) is 4.39 Å². The maximum absolute atomic E-state index is 13.2. The Labute approximate surface area is 144 Å². The van der Waals surface area contributed by atoms with Crippen LogP contribution in [-0.2, 0) is 9.53 Å². The Morgan fingerprint density at radius 3 is 2.50 bits per heavy atom. The summed E-state index contributed by atoms with van der Waals surface area (Å²) in [6, 6.07) is 0.530. The molecule has 24 heavy (non-hydrogen) atoms. The fraction of sp³-hybridized carbons (Fsp3) is 0.833. The molecule has 0 bridgehead atoms. The Balaban J connectivity index is 1.43. The fourth-order valence-corrected chi connectivity index (χ4v) is 3.73. The molecule has 3 aliphatic rings. The summed E-state index contributed by atoms with van der Waals surface area (Å²) in [7, 11) is 0. The maximum atomic E-state index is 13.2. The third-order valence-corrected chi connectivity index (χ3v) is 5.38. The number of amides is 1. The molecule has 0 aromatic carbocycles. The van der Waals surface area contributed by atoms with Gasteiger partial charge in [-0.15, -0.1) is 0 Å². The summed E-state index contributed by atoms with van der Waals surface area (Å²) in [4.78, 5) is 19.2. The second kappa shape index (κ2) is 7.83. The summed E-state index contributed by atoms with van der Waals surface area (Å²) in [5.74, 6) is 0.543. The number of nitrogens with zero attached hydrogens (tertiary/aromatic N) is 3. The molecule has 0 aromatic heterocycles. The third-order valence-electron chi connectivity index (χ3n) is 5.38. The summed E-state index contributed by atoms with van der Waals surface area (Å²) in [6.45, 7) is 10.2. The number of alkyl halides is 1. The molecule has 1 amide bonds. The SMILES string of the molecule is CC(C)N1CCN(C(=O)C2=CCC(CN3CCC(F)CC3)O2)CC1. The normalized spacial score (nSPS) is 27.4. The molecule has 3 heterocycles. The van der Waals surface area contributed by atoms with Gasteiger partial charge in [-0.05, 0) is 32.8 Å². The van der Waals surface area contributed by atoms with E-state index in [0.717, 1.165) is 52.2 Å². The van der Waals surface area contributed by atoms with Gasteiger partial charge >= 0.3 is 0 Å². The summed E-state index contributed by atoms with van der Waals surface area (Å²) in [5.41, 5.74) is 0. The quantitative estimate of drug-likeness (QED) is 0.780. The van der Waals surface area contributed by atoms with Crippen LogP contribution in [0.1, 0.15) is 33.1 Å². The molecule has 6 heteroatoms. The predicted molar refractivity (Wildman–Crippen MR) is 91.4 cm³/mol. The zero-order valence-electron chi connectivity index (χ0n) is 14.9. The number of likely N-dealkylation sites (tertiary alicyclic amines) is 1. The van der Waals surface area contributed by atoms with Crippen LogP contribution < -0.4 is 0 Å². The first-order valence-corrected chi connectivity index (χ1v) is 9.29. The van der Waals surface area contributed by atoms with Gasteiger partial charge in [0.2, 0.25) is 0 Å². The van der Waals surface area contributed by atoms with E-state index in [-0.39, 0.29) is 12.0 Å². The zero-order valence-corrected chi connectivity index (χ0v) is 14.9. The molecule has 3 rings (SSSR count). The van der Waals surface area contributed by atoms with Gasteiger partial charge in [0.15, 0.2) is 5.76 Å². The van der Waals surface area contributed by atoms with Gasteiger partial charge in [0, 0.05) is 58.3 Å². The van der Waals surface area contributed by atoms with Crippen molar-refractivity contribution in [2.24, 2.45) is 0 Å². The number of piperazine rings is 1. The van der Waals surface area contributed by atoms with Gasteiger partial charge in [-0.2, -0.15) is 0 Å². The Hall–Kier alpha value is -1.14. The largest absolute Gasteiger partial charge is 0.483 e. The number of ether oxygens (including phenoxy) is 1. The highest BCUT2D eigenvalue weighted by Crippen LogP contribution is 2.22. The van der Waals surface area contributed by atoms with E-state index >= 15 is 0 Å². The lowest BCUT2D eigenvalue weighted by Gasteiger charge is -2.37. The molecule has 0 radical (unpaired) electrons. The first-order chi connectivity index (χ1) is 11.5. The van der Waals surface area contributed by atoms with Gasteiger partial charge in [-0.1, -0.05) is 0 Å². The molecule has 1 atom stereocenters. The van der Waals surface area contributed by atoms with Crippen LogP contribution in [0.15, 0.2) is 11.8 Å². The van der Waals surface area contributed by atoms with Gasteiger partial charge in [0.25, 0.3) is 5.91 Å². The standard InChI is InChI=1S/C18H30FN3O2/c1-14(2)21-9-11-22(12-10-21)18(23)17-4-3-16(24-17)13-20-7-5-15(19)6-8-20/h4,14-16H,3,5-13H2,1-2H3. The molecule has 136 valence electrons. The number of halogens is 1. The second-order valence-electron chi connectivity index (χ2n) is 7.44. The molecular weight excluding hydrogens is 309 g/mol. The minimum Gasteiger partial charge on any atom is -0.483 e. The Morgan fingerprint density at radius 2 is 1.88 bits per heavy atom. The van der Waals surface area contributed by atoms with Crippen LogP contribution in [0, 0.1) is 0 Å². The van der Waals surface area contributed by atoms with Gasteiger partial charge < -0.3 is 9.64 Å². The van der Waals surface area contributed by atoms with Crippen LogP contribution in [0.2, 0.25) is 0 Å². The van der Waals surface area contributed by atoms with Gasteiger partial charge in [0.1, 0.15) is 12.3 Å². The van der Waals surface area contributed by atoms with E-state index in [0.29, 0.717) is 24.6 Å². The molecule has 2 fully saturated rings. The monoisotopic (exact) mass is 339 g/mol. The van der Waals surface area contributed by atoms with Crippen molar-refractivity contribution in [3.05, 3.63) is 11.8 Å². The smallest absolute Gasteiger partial charge is 0.288 e. The van der Waals surface area contributed by atoms with E-state index in [1.165, 1.54) is 0 Å². The fourth-order valence-electron chi connectivity index (χ4n) is 3.73. The molecule has 0 saturated carbocycles. The van der Waals surface area contributed by atoms with Crippen molar-refractivity contribution in [1.82, 2.24) is 14.7 Å². The van der Waals surface area contributed by atoms with Gasteiger partial charge in [-0.3, -0.25) is 14.6 Å². The van der Waals surface area contributed by atoms with E-state index in [1.807, 2.05) is 11.0 Å². The maximum Gasteiger partial charge on any atom is 0.288 e. The van der Waals surface area contributed by atoms with Crippen molar-refractivity contribution in [3.63, 3.8) is 0 Å². The van der Waals surface area contributed by atoms with E-state index in [2.05, 4.69) is 23.6 Å². The average molecular weight is 339 g/mol. The number of rotatable bonds is 4. The molecule has 2 saturated heterocycles. The molecule has 3 aliphatic heterocycles. The second-order valence-corrected chi connectivity index (χ2v) is 7.44. The summed E-state index contributed by atoms with van der Waals surface area (Å²) < 4.78 is 19.1. The van der Waals surface area contributed by atoms with Crippen LogP contribution in [0.4, 0.5) is 4.39 Å². The van der Waals surface area contributed by atoms with Crippen molar-refractivity contribution in [1.29, 1.82) is 0 Å². The van der Waals surface area contributed by atoms with Crippen molar-refractivity contribution in [3.8, 4) is 0 Å². The molecular formula is C18H30FN3O2. The summed E-state index contributed by atoms with van der Waals surface area (Å²) in [6.07, 6.45) is 3.34. The van der Waals surface area contributed by atoms with Crippen LogP contribution in [0.25, 0.3) is 0 Å². The molecule has 0 aliphatic carbocycles. The third kappa shape index (κ3) is 4.28. The highest BCUT2D eigenvalue weighted by Gasteiger charge is 2.31. The van der Waals surface area contributed by atoms with Crippen molar-refractivity contribution in [2.75, 3.05) is 45.8 Å². The van der Waals surface area contributed by atoms with E-state index < -0.39 is 6.17 Å². The Kier molecular flexibility index (Phi) is 5.76. The minimum absolute atomic E-state index is 0.0309. The lowest BCUT2D eigenvalue weighted by Crippen LogP contribution is -2.51. The highest BCUT2D eigenvalue weighted by atomic mass is 19.1. The highest BCUT2D eigenvalue weighted by molar-refractivity contribution is 5.91. The number of hydrogen-bond donors (Lipinski definition) is 0. The number of carbonyl (C=O) groups excluding carboxylic acids is 1. The molecule has 0 N–H and O–H groups in total. The lowest BCUT2D eigenvalue weighted by molar-refractivity contribution is -0.133. The van der Waals surface area contributed by atoms with Crippen LogP contribution in [0.3, 0.4) is 0 Å². The topological polar surface area (TPSA) is 36.0 Å². The summed E-state index contributed by atoms with van der Waals surface area (Å²) in [5, 5.41) is 0. The Morgan fingerprint density at radius 1 is 1.21 bits per heavy atom. The minimum atomic E-state index is -0.648. The average Bonchev–Trinajstić information content (AvgIpc) is 3.05. The van der Waals surface area contributed by atoms with Crippen LogP contribution in [-0.4, -0.2) is 84.7 Å². The van der Waals surface area contributed by atoms with Crippen molar-refractivity contribution in [2.45, 2.75) is 51.4 Å². The van der Waals surface area contributed by atoms with Crippen molar-refractivity contribution < 1.29 is 13.9 Å². The molecule has 5 nitrogen and oxygen atoms in total. The zero-order chi connectivity index (χ0) is 17.1. The number of carbonyl (C=O) groups is 1. The van der Waals surface area contributed by atoms with E-state index in [4.69, 9.17) is 4.74 Å². The van der Waals surface area contributed by atoms with Crippen LogP contribution >= 0.6 is 0 Å². The predicted octanol–water partition coefficient (Wildman–Crippen LogP) is 1.65. The molecule has 0 aromatic rings. The van der Waals surface area contributed by atoms with E-state index in [9.17, 15) is 9.18 Å². The molecule has 0 spiro atoms. The number of piperidine rings is 1.